The molecule has 4 rings (SSSR count). The largest absolute Gasteiger partial charge is 0.494 e. The van der Waals surface area contributed by atoms with Crippen LogP contribution in [0.1, 0.15) is 18.3 Å². The highest BCUT2D eigenvalue weighted by Gasteiger charge is 2.18. The summed E-state index contributed by atoms with van der Waals surface area (Å²) in [5.41, 5.74) is 5.41. The molecule has 0 aliphatic rings. The van der Waals surface area contributed by atoms with Gasteiger partial charge in [-0.25, -0.2) is 4.98 Å². The number of rotatable bonds is 7. The molecule has 0 aliphatic carbocycles. The zero-order valence-corrected chi connectivity index (χ0v) is 18.4. The molecule has 0 radical (unpaired) electrons. The molecule has 1 N–H and O–H groups in total. The van der Waals surface area contributed by atoms with Crippen molar-refractivity contribution < 1.29 is 14.2 Å². The quantitative estimate of drug-likeness (QED) is 0.446. The second-order valence-corrected chi connectivity index (χ2v) is 7.13. The minimum absolute atomic E-state index is 0.641. The summed E-state index contributed by atoms with van der Waals surface area (Å²) in [6.45, 7) is 6.57. The maximum absolute atomic E-state index is 5.53. The Kier molecular flexibility index (Phi) is 5.66. The van der Waals surface area contributed by atoms with E-state index < -0.39 is 0 Å². The highest BCUT2D eigenvalue weighted by atomic mass is 16.5. The molecule has 7 nitrogen and oxygen atoms in total. The average Bonchev–Trinajstić information content (AvgIpc) is 3.10. The van der Waals surface area contributed by atoms with Gasteiger partial charge in [0.05, 0.1) is 26.5 Å². The van der Waals surface area contributed by atoms with Crippen LogP contribution in [-0.4, -0.2) is 35.4 Å². The standard InChI is InChI=1S/C24H26N4O3/c1-6-31-19-10-8-18(9-11-19)26-22-13-15(2)25-24-23(16(3)27-28(22)24)17-7-12-20(29-4)21(14-17)30-5/h7-14,26H,6H2,1-5H3. The molecule has 0 aliphatic heterocycles. The minimum Gasteiger partial charge on any atom is -0.494 e. The first-order chi connectivity index (χ1) is 15.0. The summed E-state index contributed by atoms with van der Waals surface area (Å²) in [5, 5.41) is 8.22. The number of nitrogens with one attached hydrogen (secondary N) is 1. The van der Waals surface area contributed by atoms with Crippen molar-refractivity contribution >= 4 is 17.2 Å². The monoisotopic (exact) mass is 418 g/mol. The van der Waals surface area contributed by atoms with Crippen LogP contribution in [0.3, 0.4) is 0 Å². The van der Waals surface area contributed by atoms with Crippen LogP contribution in [0.5, 0.6) is 17.2 Å². The number of hydrogen-bond acceptors (Lipinski definition) is 6. The second-order valence-electron chi connectivity index (χ2n) is 7.13. The molecule has 0 saturated heterocycles. The van der Waals surface area contributed by atoms with Gasteiger partial charge in [0.15, 0.2) is 17.1 Å². The first-order valence-electron chi connectivity index (χ1n) is 10.1. The number of fused-ring (bicyclic) bond motifs is 1. The summed E-state index contributed by atoms with van der Waals surface area (Å²) in [7, 11) is 3.26. The summed E-state index contributed by atoms with van der Waals surface area (Å²) in [4.78, 5) is 4.78. The summed E-state index contributed by atoms with van der Waals surface area (Å²) >= 11 is 0. The third-order valence-electron chi connectivity index (χ3n) is 5.00. The molecule has 4 aromatic rings. The van der Waals surface area contributed by atoms with E-state index in [9.17, 15) is 0 Å². The van der Waals surface area contributed by atoms with E-state index in [2.05, 4.69) is 5.32 Å². The zero-order chi connectivity index (χ0) is 22.0. The molecule has 0 fully saturated rings. The number of hydrogen-bond donors (Lipinski definition) is 1. The topological polar surface area (TPSA) is 69.9 Å². The van der Waals surface area contributed by atoms with E-state index in [1.165, 1.54) is 0 Å². The van der Waals surface area contributed by atoms with Gasteiger partial charge in [0.25, 0.3) is 0 Å². The van der Waals surface area contributed by atoms with Gasteiger partial charge in [-0.2, -0.15) is 9.61 Å². The molecule has 0 saturated carbocycles. The highest BCUT2D eigenvalue weighted by Crippen LogP contribution is 2.36. The van der Waals surface area contributed by atoms with Gasteiger partial charge in [0.1, 0.15) is 11.6 Å². The van der Waals surface area contributed by atoms with Crippen molar-refractivity contribution in [2.75, 3.05) is 26.1 Å². The fraction of sp³-hybridized carbons (Fsp3) is 0.250. The van der Waals surface area contributed by atoms with Crippen molar-refractivity contribution in [3.63, 3.8) is 0 Å². The Bertz CT molecular complexity index is 1220. The fourth-order valence-corrected chi connectivity index (χ4v) is 3.61. The van der Waals surface area contributed by atoms with Gasteiger partial charge in [-0.15, -0.1) is 0 Å². The van der Waals surface area contributed by atoms with Crippen LogP contribution < -0.4 is 19.5 Å². The van der Waals surface area contributed by atoms with E-state index in [-0.39, 0.29) is 0 Å². The molecular formula is C24H26N4O3. The van der Waals surface area contributed by atoms with Gasteiger partial charge in [0, 0.05) is 23.0 Å². The summed E-state index contributed by atoms with van der Waals surface area (Å²) in [5.74, 6) is 3.03. The van der Waals surface area contributed by atoms with Gasteiger partial charge in [-0.3, -0.25) is 0 Å². The molecule has 0 amide bonds. The summed E-state index contributed by atoms with van der Waals surface area (Å²) in [6.07, 6.45) is 0. The normalized spacial score (nSPS) is 10.9. The minimum atomic E-state index is 0.641. The lowest BCUT2D eigenvalue weighted by Crippen LogP contribution is -2.02. The number of anilines is 2. The van der Waals surface area contributed by atoms with E-state index >= 15 is 0 Å². The Balaban J connectivity index is 1.78. The summed E-state index contributed by atoms with van der Waals surface area (Å²) < 4.78 is 18.2. The zero-order valence-electron chi connectivity index (χ0n) is 18.4. The Labute approximate surface area is 181 Å². The molecule has 0 atom stereocenters. The van der Waals surface area contributed by atoms with E-state index in [0.29, 0.717) is 18.1 Å². The number of nitrogens with zero attached hydrogens (tertiary/aromatic N) is 3. The molecule has 2 heterocycles. The second kappa shape index (κ2) is 8.55. The van der Waals surface area contributed by atoms with Crippen molar-refractivity contribution in [3.05, 3.63) is 59.9 Å². The van der Waals surface area contributed by atoms with Crippen molar-refractivity contribution in [2.45, 2.75) is 20.8 Å². The number of ether oxygens (including phenoxy) is 3. The predicted octanol–water partition coefficient (Wildman–Crippen LogP) is 5.17. The van der Waals surface area contributed by atoms with Crippen LogP contribution in [0.25, 0.3) is 16.8 Å². The molecule has 0 bridgehead atoms. The fourth-order valence-electron chi connectivity index (χ4n) is 3.61. The molecule has 7 heteroatoms. The molecular weight excluding hydrogens is 392 g/mol. The lowest BCUT2D eigenvalue weighted by Gasteiger charge is -2.11. The van der Waals surface area contributed by atoms with Crippen LogP contribution in [0, 0.1) is 13.8 Å². The highest BCUT2D eigenvalue weighted by molar-refractivity contribution is 5.82. The van der Waals surface area contributed by atoms with Crippen molar-refractivity contribution in [1.29, 1.82) is 0 Å². The smallest absolute Gasteiger partial charge is 0.165 e. The number of aromatic nitrogens is 3. The van der Waals surface area contributed by atoms with Gasteiger partial charge in [-0.1, -0.05) is 6.07 Å². The third kappa shape index (κ3) is 3.99. The summed E-state index contributed by atoms with van der Waals surface area (Å²) in [6, 6.07) is 15.7. The maximum Gasteiger partial charge on any atom is 0.165 e. The lowest BCUT2D eigenvalue weighted by atomic mass is 10.1. The Morgan fingerprint density at radius 1 is 0.935 bits per heavy atom. The molecule has 31 heavy (non-hydrogen) atoms. The van der Waals surface area contributed by atoms with Gasteiger partial charge >= 0.3 is 0 Å². The average molecular weight is 418 g/mol. The van der Waals surface area contributed by atoms with Crippen LogP contribution >= 0.6 is 0 Å². The Hall–Kier alpha value is -3.74. The first-order valence-corrected chi connectivity index (χ1v) is 10.1. The molecule has 0 unspecified atom stereocenters. The van der Waals surface area contributed by atoms with Crippen LogP contribution in [-0.2, 0) is 0 Å². The van der Waals surface area contributed by atoms with Crippen molar-refractivity contribution in [2.24, 2.45) is 0 Å². The van der Waals surface area contributed by atoms with Crippen LogP contribution in [0.15, 0.2) is 48.5 Å². The van der Waals surface area contributed by atoms with Crippen LogP contribution in [0.4, 0.5) is 11.5 Å². The first kappa shape index (κ1) is 20.5. The molecule has 160 valence electrons. The molecule has 2 aromatic carbocycles. The van der Waals surface area contributed by atoms with Crippen molar-refractivity contribution in [1.82, 2.24) is 14.6 Å². The molecule has 0 spiro atoms. The van der Waals surface area contributed by atoms with Gasteiger partial charge < -0.3 is 19.5 Å². The van der Waals surface area contributed by atoms with Crippen LogP contribution in [0.2, 0.25) is 0 Å². The predicted molar refractivity (Wildman–Crippen MR) is 122 cm³/mol. The number of aryl methyl sites for hydroxylation is 2. The molecule has 2 aromatic heterocycles. The third-order valence-corrected chi connectivity index (χ3v) is 5.00. The lowest BCUT2D eigenvalue weighted by molar-refractivity contribution is 0.340. The van der Waals surface area contributed by atoms with E-state index in [1.54, 1.807) is 14.2 Å². The van der Waals surface area contributed by atoms with Gasteiger partial charge in [0.2, 0.25) is 0 Å². The Morgan fingerprint density at radius 2 is 1.68 bits per heavy atom. The van der Waals surface area contributed by atoms with E-state index in [0.717, 1.165) is 45.4 Å². The van der Waals surface area contributed by atoms with Gasteiger partial charge in [-0.05, 0) is 62.7 Å². The van der Waals surface area contributed by atoms with E-state index in [4.69, 9.17) is 24.3 Å². The van der Waals surface area contributed by atoms with E-state index in [1.807, 2.05) is 73.8 Å². The Morgan fingerprint density at radius 3 is 2.35 bits per heavy atom. The maximum atomic E-state index is 5.53. The SMILES string of the molecule is CCOc1ccc(Nc2cc(C)nc3c(-c4ccc(OC)c(OC)c4)c(C)nn23)cc1. The van der Waals surface area contributed by atoms with Crippen molar-refractivity contribution in [3.8, 4) is 28.4 Å². The number of methoxy groups -OCH3 is 2. The number of benzene rings is 2.